The van der Waals surface area contributed by atoms with E-state index in [1.807, 2.05) is 0 Å². The Hall–Kier alpha value is -2.70. The second-order valence-corrected chi connectivity index (χ2v) is 5.79. The highest BCUT2D eigenvalue weighted by Crippen LogP contribution is 2.27. The summed E-state index contributed by atoms with van der Waals surface area (Å²) < 4.78 is 33.9. The molecule has 0 fully saturated rings. The molecule has 1 aromatic heterocycles. The number of hydrogen-bond donors (Lipinski definition) is 1. The van der Waals surface area contributed by atoms with Crippen LogP contribution in [0.1, 0.15) is 35.8 Å². The summed E-state index contributed by atoms with van der Waals surface area (Å²) in [5.74, 6) is -2.00. The lowest BCUT2D eigenvalue weighted by Crippen LogP contribution is -2.31. The summed E-state index contributed by atoms with van der Waals surface area (Å²) in [5.41, 5.74) is 0.462. The van der Waals surface area contributed by atoms with Crippen LogP contribution in [0.15, 0.2) is 29.1 Å². The number of pyridine rings is 1. The molecule has 1 N–H and O–H groups in total. The minimum absolute atomic E-state index is 0.130. The van der Waals surface area contributed by atoms with Crippen molar-refractivity contribution in [2.24, 2.45) is 0 Å². The van der Waals surface area contributed by atoms with E-state index in [-0.39, 0.29) is 29.2 Å². The number of aromatic nitrogens is 1. The Morgan fingerprint density at radius 2 is 2.08 bits per heavy atom. The summed E-state index contributed by atoms with van der Waals surface area (Å²) in [6.45, 7) is 2.57. The average molecular weight is 348 g/mol. The molecule has 7 heteroatoms. The van der Waals surface area contributed by atoms with Gasteiger partial charge in [-0.05, 0) is 38.3 Å². The van der Waals surface area contributed by atoms with Crippen molar-refractivity contribution in [3.8, 4) is 5.75 Å². The van der Waals surface area contributed by atoms with Crippen LogP contribution < -0.4 is 15.6 Å². The van der Waals surface area contributed by atoms with Crippen molar-refractivity contribution in [1.82, 2.24) is 4.57 Å². The first-order chi connectivity index (χ1) is 12.0. The third-order valence-electron chi connectivity index (χ3n) is 4.13. The molecule has 0 spiro atoms. The molecule has 0 atom stereocenters. The van der Waals surface area contributed by atoms with Gasteiger partial charge in [0.1, 0.15) is 22.9 Å². The largest absolute Gasteiger partial charge is 0.493 e. The lowest BCUT2D eigenvalue weighted by atomic mass is 10.0. The summed E-state index contributed by atoms with van der Waals surface area (Å²) in [4.78, 5) is 25.0. The van der Waals surface area contributed by atoms with Crippen LogP contribution in [0.4, 0.5) is 14.5 Å². The summed E-state index contributed by atoms with van der Waals surface area (Å²) in [6.07, 6.45) is 2.26. The van der Waals surface area contributed by atoms with E-state index in [2.05, 4.69) is 5.32 Å². The highest BCUT2D eigenvalue weighted by molar-refractivity contribution is 6.07. The number of nitrogens with one attached hydrogen (secondary N) is 1. The van der Waals surface area contributed by atoms with Crippen LogP contribution in [0.5, 0.6) is 5.75 Å². The van der Waals surface area contributed by atoms with E-state index in [1.54, 1.807) is 11.5 Å². The molecule has 0 aliphatic carbocycles. The number of fused-ring (bicyclic) bond motifs is 1. The third-order valence-corrected chi connectivity index (χ3v) is 4.13. The van der Waals surface area contributed by atoms with Gasteiger partial charge in [0.2, 0.25) is 0 Å². The quantitative estimate of drug-likeness (QED) is 0.924. The van der Waals surface area contributed by atoms with Gasteiger partial charge in [0, 0.05) is 24.4 Å². The minimum Gasteiger partial charge on any atom is -0.493 e. The molecule has 0 unspecified atom stereocenters. The standard InChI is InChI=1S/C18H18F2N2O3/c1-2-25-15-10-16(23)22-8-4-3-5-14(22)17(15)18(24)21-13-7-6-11(19)9-12(13)20/h6-7,9-10H,2-5,8H2,1H3,(H,21,24). The number of nitrogens with zero attached hydrogens (tertiary/aromatic N) is 1. The first-order valence-electron chi connectivity index (χ1n) is 8.17. The maximum atomic E-state index is 13.8. The summed E-state index contributed by atoms with van der Waals surface area (Å²) >= 11 is 0. The van der Waals surface area contributed by atoms with Crippen LogP contribution in [0.3, 0.4) is 0 Å². The van der Waals surface area contributed by atoms with E-state index in [4.69, 9.17) is 4.74 Å². The van der Waals surface area contributed by atoms with Gasteiger partial charge < -0.3 is 14.6 Å². The van der Waals surface area contributed by atoms with Crippen molar-refractivity contribution in [2.75, 3.05) is 11.9 Å². The molecule has 0 saturated carbocycles. The number of hydrogen-bond acceptors (Lipinski definition) is 3. The number of anilines is 1. The van der Waals surface area contributed by atoms with Gasteiger partial charge in [-0.1, -0.05) is 0 Å². The van der Waals surface area contributed by atoms with Crippen LogP contribution >= 0.6 is 0 Å². The van der Waals surface area contributed by atoms with Gasteiger partial charge in [-0.3, -0.25) is 9.59 Å². The molecule has 0 radical (unpaired) electrons. The summed E-state index contributed by atoms with van der Waals surface area (Å²) in [6, 6.07) is 4.20. The molecule has 0 saturated heterocycles. The molecule has 2 aromatic rings. The summed E-state index contributed by atoms with van der Waals surface area (Å²) in [7, 11) is 0. The van der Waals surface area contributed by atoms with Crippen LogP contribution in [0.25, 0.3) is 0 Å². The van der Waals surface area contributed by atoms with Gasteiger partial charge in [-0.25, -0.2) is 8.78 Å². The Balaban J connectivity index is 2.05. The molecule has 5 nitrogen and oxygen atoms in total. The number of ether oxygens (including phenoxy) is 1. The normalized spacial score (nSPS) is 13.2. The molecule has 3 rings (SSSR count). The Morgan fingerprint density at radius 1 is 1.28 bits per heavy atom. The average Bonchev–Trinajstić information content (AvgIpc) is 2.58. The highest BCUT2D eigenvalue weighted by Gasteiger charge is 2.25. The molecular formula is C18H18F2N2O3. The number of halogens is 2. The van der Waals surface area contributed by atoms with Crippen molar-refractivity contribution in [1.29, 1.82) is 0 Å². The molecule has 1 aromatic carbocycles. The predicted octanol–water partition coefficient (Wildman–Crippen LogP) is 3.11. The van der Waals surface area contributed by atoms with Gasteiger partial charge in [0.05, 0.1) is 12.3 Å². The molecular weight excluding hydrogens is 330 g/mol. The zero-order valence-electron chi connectivity index (χ0n) is 13.8. The highest BCUT2D eigenvalue weighted by atomic mass is 19.1. The van der Waals surface area contributed by atoms with E-state index in [0.29, 0.717) is 24.7 Å². The van der Waals surface area contributed by atoms with Gasteiger partial charge in [-0.2, -0.15) is 0 Å². The Bertz CT molecular complexity index is 877. The van der Waals surface area contributed by atoms with Crippen molar-refractivity contribution < 1.29 is 18.3 Å². The Morgan fingerprint density at radius 3 is 2.80 bits per heavy atom. The van der Waals surface area contributed by atoms with Gasteiger partial charge in [0.15, 0.2) is 0 Å². The van der Waals surface area contributed by atoms with E-state index in [1.165, 1.54) is 6.07 Å². The molecule has 1 amide bonds. The van der Waals surface area contributed by atoms with Crippen LogP contribution in [-0.2, 0) is 13.0 Å². The number of carbonyl (C=O) groups is 1. The van der Waals surface area contributed by atoms with Crippen molar-refractivity contribution in [3.63, 3.8) is 0 Å². The summed E-state index contributed by atoms with van der Waals surface area (Å²) in [5, 5.41) is 2.45. The van der Waals surface area contributed by atoms with Crippen molar-refractivity contribution in [2.45, 2.75) is 32.7 Å². The topological polar surface area (TPSA) is 60.3 Å². The monoisotopic (exact) mass is 348 g/mol. The SMILES string of the molecule is CCOc1cc(=O)n2c(c1C(=O)Nc1ccc(F)cc1F)CCCC2. The zero-order chi connectivity index (χ0) is 18.0. The molecule has 0 bridgehead atoms. The molecule has 25 heavy (non-hydrogen) atoms. The van der Waals surface area contributed by atoms with Crippen molar-refractivity contribution >= 4 is 11.6 Å². The number of benzene rings is 1. The lowest BCUT2D eigenvalue weighted by molar-refractivity contribution is 0.102. The van der Waals surface area contributed by atoms with E-state index >= 15 is 0 Å². The van der Waals surface area contributed by atoms with Crippen LogP contribution in [0.2, 0.25) is 0 Å². The second kappa shape index (κ2) is 7.04. The smallest absolute Gasteiger partial charge is 0.261 e. The van der Waals surface area contributed by atoms with Gasteiger partial charge in [-0.15, -0.1) is 0 Å². The molecule has 1 aliphatic heterocycles. The molecule has 1 aliphatic rings. The maximum absolute atomic E-state index is 13.8. The number of amides is 1. The van der Waals surface area contributed by atoms with Gasteiger partial charge >= 0.3 is 0 Å². The fourth-order valence-electron chi connectivity index (χ4n) is 3.03. The molecule has 132 valence electrons. The van der Waals surface area contributed by atoms with E-state index in [0.717, 1.165) is 25.0 Å². The first-order valence-corrected chi connectivity index (χ1v) is 8.17. The first kappa shape index (κ1) is 17.1. The zero-order valence-corrected chi connectivity index (χ0v) is 13.8. The van der Waals surface area contributed by atoms with Gasteiger partial charge in [0.25, 0.3) is 11.5 Å². The predicted molar refractivity (Wildman–Crippen MR) is 89.1 cm³/mol. The second-order valence-electron chi connectivity index (χ2n) is 5.79. The fourth-order valence-corrected chi connectivity index (χ4v) is 3.03. The maximum Gasteiger partial charge on any atom is 0.261 e. The van der Waals surface area contributed by atoms with E-state index < -0.39 is 17.5 Å². The Kier molecular flexibility index (Phi) is 4.83. The lowest BCUT2D eigenvalue weighted by Gasteiger charge is -2.23. The third kappa shape index (κ3) is 3.40. The van der Waals surface area contributed by atoms with E-state index in [9.17, 15) is 18.4 Å². The van der Waals surface area contributed by atoms with Crippen LogP contribution in [0, 0.1) is 11.6 Å². The minimum atomic E-state index is -0.867. The van der Waals surface area contributed by atoms with Crippen LogP contribution in [-0.4, -0.2) is 17.1 Å². The van der Waals surface area contributed by atoms with Crippen molar-refractivity contribution in [3.05, 3.63) is 57.5 Å². The molecule has 2 heterocycles. The fraction of sp³-hybridized carbons (Fsp3) is 0.333. The number of rotatable bonds is 4. The number of carbonyl (C=O) groups excluding carboxylic acids is 1. The Labute approximate surface area is 143 Å².